The van der Waals surface area contributed by atoms with Crippen molar-refractivity contribution in [3.63, 3.8) is 0 Å². The molecule has 8 heteroatoms. The second-order valence-electron chi connectivity index (χ2n) is 8.93. The molecule has 2 atom stereocenters. The topological polar surface area (TPSA) is 122 Å². The Morgan fingerprint density at radius 1 is 1.23 bits per heavy atom. The standard InChI is InChI=1S/C27H26N6O2/c1-2-33(27(34)26-31-22-11-10-17(14-28)12-23(22)32-26)19-7-5-6-18(13-19)30-16-25-21(15-29)20-8-3-4-9-24(20)35-25/h3-4,8-12,18-19,30H,2,5-7,13,16H2,1H3,(H,31,32)/t18-,19+/m1/s1. The molecular weight excluding hydrogens is 440 g/mol. The van der Waals surface area contributed by atoms with E-state index in [0.29, 0.717) is 46.8 Å². The van der Waals surface area contributed by atoms with Gasteiger partial charge in [-0.1, -0.05) is 12.1 Å². The molecule has 35 heavy (non-hydrogen) atoms. The zero-order valence-electron chi connectivity index (χ0n) is 19.5. The van der Waals surface area contributed by atoms with Crippen molar-refractivity contribution in [2.75, 3.05) is 6.54 Å². The second kappa shape index (κ2) is 9.61. The van der Waals surface area contributed by atoms with Crippen LogP contribution in [0.5, 0.6) is 0 Å². The van der Waals surface area contributed by atoms with Gasteiger partial charge in [0.25, 0.3) is 5.91 Å². The van der Waals surface area contributed by atoms with E-state index in [1.54, 1.807) is 18.2 Å². The van der Waals surface area contributed by atoms with Crippen LogP contribution in [-0.2, 0) is 6.54 Å². The third kappa shape index (κ3) is 4.37. The number of para-hydroxylation sites is 1. The lowest BCUT2D eigenvalue weighted by Gasteiger charge is -2.37. The molecule has 1 saturated carbocycles. The van der Waals surface area contributed by atoms with E-state index in [4.69, 9.17) is 9.68 Å². The smallest absolute Gasteiger partial charge is 0.289 e. The number of fused-ring (bicyclic) bond motifs is 2. The number of carbonyl (C=O) groups excluding carboxylic acids is 1. The number of nitrogens with zero attached hydrogens (tertiary/aromatic N) is 4. The highest BCUT2D eigenvalue weighted by atomic mass is 16.3. The van der Waals surface area contributed by atoms with Crippen LogP contribution in [0.2, 0.25) is 0 Å². The number of rotatable bonds is 6. The second-order valence-corrected chi connectivity index (χ2v) is 8.93. The number of benzene rings is 2. The number of aromatic nitrogens is 2. The Balaban J connectivity index is 1.28. The molecule has 0 aliphatic heterocycles. The van der Waals surface area contributed by atoms with E-state index in [1.165, 1.54) is 0 Å². The lowest BCUT2D eigenvalue weighted by molar-refractivity contribution is 0.0616. The molecule has 0 unspecified atom stereocenters. The Hall–Kier alpha value is -4.14. The molecule has 0 spiro atoms. The van der Waals surface area contributed by atoms with Gasteiger partial charge in [0.1, 0.15) is 23.0 Å². The minimum absolute atomic E-state index is 0.0905. The van der Waals surface area contributed by atoms with E-state index in [1.807, 2.05) is 36.1 Å². The molecule has 0 saturated heterocycles. The summed E-state index contributed by atoms with van der Waals surface area (Å²) in [5.74, 6) is 0.822. The molecule has 1 aliphatic carbocycles. The Bertz CT molecular complexity index is 1470. The molecule has 5 rings (SSSR count). The van der Waals surface area contributed by atoms with Gasteiger partial charge in [-0.25, -0.2) is 4.98 Å². The lowest BCUT2D eigenvalue weighted by Crippen LogP contribution is -2.47. The number of imidazole rings is 1. The zero-order valence-corrected chi connectivity index (χ0v) is 19.5. The summed E-state index contributed by atoms with van der Waals surface area (Å²) in [4.78, 5) is 22.8. The largest absolute Gasteiger partial charge is 0.458 e. The van der Waals surface area contributed by atoms with E-state index in [2.05, 4.69) is 27.4 Å². The third-order valence-electron chi connectivity index (χ3n) is 6.83. The normalized spacial score (nSPS) is 17.8. The van der Waals surface area contributed by atoms with E-state index < -0.39 is 0 Å². The van der Waals surface area contributed by atoms with E-state index in [0.717, 1.165) is 36.7 Å². The first kappa shape index (κ1) is 22.6. The van der Waals surface area contributed by atoms with Crippen molar-refractivity contribution >= 4 is 27.9 Å². The van der Waals surface area contributed by atoms with Crippen LogP contribution in [0.1, 0.15) is 60.1 Å². The fourth-order valence-corrected chi connectivity index (χ4v) is 5.10. The number of furan rings is 1. The first-order valence-corrected chi connectivity index (χ1v) is 12.0. The summed E-state index contributed by atoms with van der Waals surface area (Å²) in [6, 6.07) is 17.4. The SMILES string of the molecule is CCN(C(=O)c1nc2ccc(C#N)cc2[nH]1)[C@H]1CCC[C@@H](NCc2oc3ccccc3c2C#N)C1. The molecule has 1 aliphatic rings. The fraction of sp³-hybridized carbons (Fsp3) is 0.333. The van der Waals surface area contributed by atoms with Gasteiger partial charge in [0.15, 0.2) is 5.82 Å². The van der Waals surface area contributed by atoms with Crippen LogP contribution in [0.4, 0.5) is 0 Å². The quantitative estimate of drug-likeness (QED) is 0.428. The molecule has 1 fully saturated rings. The first-order valence-electron chi connectivity index (χ1n) is 12.0. The number of nitriles is 2. The predicted molar refractivity (Wildman–Crippen MR) is 131 cm³/mol. The molecule has 1 amide bonds. The number of hydrogen-bond donors (Lipinski definition) is 2. The molecule has 8 nitrogen and oxygen atoms in total. The van der Waals surface area contributed by atoms with Gasteiger partial charge in [0, 0.05) is 24.0 Å². The van der Waals surface area contributed by atoms with Gasteiger partial charge in [-0.05, 0) is 62.9 Å². The first-order chi connectivity index (χ1) is 17.1. The van der Waals surface area contributed by atoms with E-state index >= 15 is 0 Å². The minimum atomic E-state index is -0.128. The summed E-state index contributed by atoms with van der Waals surface area (Å²) in [5, 5.41) is 23.2. The van der Waals surface area contributed by atoms with Crippen molar-refractivity contribution < 1.29 is 9.21 Å². The van der Waals surface area contributed by atoms with Crippen LogP contribution in [-0.4, -0.2) is 39.4 Å². The third-order valence-corrected chi connectivity index (χ3v) is 6.83. The highest BCUT2D eigenvalue weighted by Crippen LogP contribution is 2.28. The molecular formula is C27H26N6O2. The molecule has 2 aromatic carbocycles. The highest BCUT2D eigenvalue weighted by Gasteiger charge is 2.31. The summed E-state index contributed by atoms with van der Waals surface area (Å²) in [7, 11) is 0. The number of hydrogen-bond acceptors (Lipinski definition) is 6. The molecule has 2 aromatic heterocycles. The van der Waals surface area contributed by atoms with Gasteiger partial charge in [0.2, 0.25) is 0 Å². The Kier molecular flexibility index (Phi) is 6.22. The monoisotopic (exact) mass is 466 g/mol. The maximum absolute atomic E-state index is 13.4. The Labute approximate surface area is 203 Å². The van der Waals surface area contributed by atoms with Gasteiger partial charge in [0.05, 0.1) is 29.2 Å². The van der Waals surface area contributed by atoms with Gasteiger partial charge in [-0.15, -0.1) is 0 Å². The van der Waals surface area contributed by atoms with E-state index in [9.17, 15) is 10.1 Å². The van der Waals surface area contributed by atoms with Gasteiger partial charge < -0.3 is 19.6 Å². The predicted octanol–water partition coefficient (Wildman–Crippen LogP) is 4.62. The van der Waals surface area contributed by atoms with Gasteiger partial charge >= 0.3 is 0 Å². The van der Waals surface area contributed by atoms with Crippen molar-refractivity contribution in [3.8, 4) is 12.1 Å². The number of amides is 1. The lowest BCUT2D eigenvalue weighted by atomic mass is 9.89. The van der Waals surface area contributed by atoms with Gasteiger partial charge in [-0.2, -0.15) is 10.5 Å². The summed E-state index contributed by atoms with van der Waals surface area (Å²) >= 11 is 0. The molecule has 4 aromatic rings. The number of H-pyrrole nitrogens is 1. The average Bonchev–Trinajstić information content (AvgIpc) is 3.48. The van der Waals surface area contributed by atoms with Crippen LogP contribution in [0.3, 0.4) is 0 Å². The Morgan fingerprint density at radius 2 is 2.09 bits per heavy atom. The van der Waals surface area contributed by atoms with Crippen molar-refractivity contribution in [2.45, 2.75) is 51.2 Å². The van der Waals surface area contributed by atoms with Crippen LogP contribution in [0.15, 0.2) is 46.9 Å². The summed E-state index contributed by atoms with van der Waals surface area (Å²) in [5.41, 5.74) is 3.18. The van der Waals surface area contributed by atoms with Crippen LogP contribution in [0.25, 0.3) is 22.0 Å². The van der Waals surface area contributed by atoms with Crippen molar-refractivity contribution in [1.29, 1.82) is 10.5 Å². The average molecular weight is 467 g/mol. The van der Waals surface area contributed by atoms with Gasteiger partial charge in [-0.3, -0.25) is 4.79 Å². The molecule has 2 heterocycles. The van der Waals surface area contributed by atoms with Crippen molar-refractivity contribution in [3.05, 3.63) is 65.2 Å². The van der Waals surface area contributed by atoms with Crippen LogP contribution >= 0.6 is 0 Å². The zero-order chi connectivity index (χ0) is 24.4. The van der Waals surface area contributed by atoms with Crippen molar-refractivity contribution in [1.82, 2.24) is 20.2 Å². The van der Waals surface area contributed by atoms with Crippen LogP contribution < -0.4 is 5.32 Å². The van der Waals surface area contributed by atoms with Crippen LogP contribution in [0, 0.1) is 22.7 Å². The summed E-state index contributed by atoms with van der Waals surface area (Å²) in [6.45, 7) is 3.04. The maximum atomic E-state index is 13.4. The fourth-order valence-electron chi connectivity index (χ4n) is 5.10. The number of nitrogens with one attached hydrogen (secondary N) is 2. The Morgan fingerprint density at radius 3 is 2.89 bits per heavy atom. The van der Waals surface area contributed by atoms with Crippen molar-refractivity contribution in [2.24, 2.45) is 0 Å². The number of carbonyl (C=O) groups is 1. The van der Waals surface area contributed by atoms with E-state index in [-0.39, 0.29) is 18.0 Å². The molecule has 2 N–H and O–H groups in total. The molecule has 176 valence electrons. The maximum Gasteiger partial charge on any atom is 0.289 e. The summed E-state index contributed by atoms with van der Waals surface area (Å²) < 4.78 is 5.94. The minimum Gasteiger partial charge on any atom is -0.458 e. The summed E-state index contributed by atoms with van der Waals surface area (Å²) in [6.07, 6.45) is 3.76. The highest BCUT2D eigenvalue weighted by molar-refractivity contribution is 5.94. The number of aromatic amines is 1. The molecule has 0 radical (unpaired) electrons. The molecule has 0 bridgehead atoms.